The van der Waals surface area contributed by atoms with Crippen LogP contribution in [0.25, 0.3) is 22.4 Å². The minimum absolute atomic E-state index is 0.147. The van der Waals surface area contributed by atoms with E-state index in [9.17, 15) is 18.0 Å². The summed E-state index contributed by atoms with van der Waals surface area (Å²) in [5, 5.41) is 2.91. The lowest BCUT2D eigenvalue weighted by atomic mass is 10.1. The highest BCUT2D eigenvalue weighted by molar-refractivity contribution is 7.92. The van der Waals surface area contributed by atoms with Gasteiger partial charge in [-0.2, -0.15) is 0 Å². The van der Waals surface area contributed by atoms with Gasteiger partial charge in [0.1, 0.15) is 24.0 Å². The van der Waals surface area contributed by atoms with E-state index in [-0.39, 0.29) is 17.4 Å². The Morgan fingerprint density at radius 3 is 2.45 bits per heavy atom. The van der Waals surface area contributed by atoms with E-state index in [1.54, 1.807) is 48.5 Å². The largest absolute Gasteiger partial charge is 0.445 e. The van der Waals surface area contributed by atoms with Crippen LogP contribution in [-0.4, -0.2) is 47.9 Å². The highest BCUT2D eigenvalue weighted by atomic mass is 32.2. The van der Waals surface area contributed by atoms with Gasteiger partial charge in [0.25, 0.3) is 10.0 Å². The van der Waals surface area contributed by atoms with Crippen molar-refractivity contribution in [2.45, 2.75) is 37.3 Å². The molecule has 1 fully saturated rings. The number of benzene rings is 4. The van der Waals surface area contributed by atoms with E-state index in [1.165, 1.54) is 4.90 Å². The highest BCUT2D eigenvalue weighted by Crippen LogP contribution is 2.29. The van der Waals surface area contributed by atoms with E-state index in [0.717, 1.165) is 16.7 Å². The molecule has 0 bridgehead atoms. The van der Waals surface area contributed by atoms with E-state index in [0.29, 0.717) is 47.6 Å². The molecule has 6 rings (SSSR count). The van der Waals surface area contributed by atoms with Crippen LogP contribution in [0.2, 0.25) is 0 Å². The third kappa shape index (κ3) is 6.28. The number of nitrogens with one attached hydrogen (secondary N) is 3. The Hall–Kier alpha value is -5.16. The standard InChI is InChI=1S/C33H31N5O5S/c1-22-12-18-26(19-13-22)44(41,42)37-28-10-5-9-27-30(28)36-31(35-27)24-14-16-25(17-15-24)34-32(39)29-11-6-20-38(29)33(40)43-21-23-7-3-2-4-8-23/h2-5,7-10,12-19,29,37H,6,11,20-21H2,1H3,(H,34,39)(H,35,36). The van der Waals surface area contributed by atoms with Crippen LogP contribution in [-0.2, 0) is 26.2 Å². The summed E-state index contributed by atoms with van der Waals surface area (Å²) in [5.74, 6) is 0.268. The van der Waals surface area contributed by atoms with Crippen molar-refractivity contribution in [2.24, 2.45) is 0 Å². The summed E-state index contributed by atoms with van der Waals surface area (Å²) in [6.45, 7) is 2.50. The number of carbonyl (C=O) groups is 2. The number of para-hydroxylation sites is 1. The van der Waals surface area contributed by atoms with Crippen LogP contribution in [0.4, 0.5) is 16.2 Å². The van der Waals surface area contributed by atoms with Gasteiger partial charge in [0.2, 0.25) is 5.91 Å². The van der Waals surface area contributed by atoms with Gasteiger partial charge in [0.05, 0.1) is 16.1 Å². The fourth-order valence-corrected chi connectivity index (χ4v) is 6.24. The van der Waals surface area contributed by atoms with Crippen molar-refractivity contribution in [2.75, 3.05) is 16.6 Å². The van der Waals surface area contributed by atoms with Crippen LogP contribution in [0, 0.1) is 6.92 Å². The lowest BCUT2D eigenvalue weighted by molar-refractivity contribution is -0.120. The van der Waals surface area contributed by atoms with Crippen molar-refractivity contribution < 1.29 is 22.7 Å². The summed E-state index contributed by atoms with van der Waals surface area (Å²) >= 11 is 0. The number of hydrogen-bond donors (Lipinski definition) is 3. The number of sulfonamides is 1. The number of carbonyl (C=O) groups excluding carboxylic acids is 2. The molecule has 0 saturated carbocycles. The summed E-state index contributed by atoms with van der Waals surface area (Å²) in [6.07, 6.45) is 0.763. The smallest absolute Gasteiger partial charge is 0.410 e. The second kappa shape index (κ2) is 12.2. The third-order valence-corrected chi connectivity index (χ3v) is 8.89. The van der Waals surface area contributed by atoms with E-state index >= 15 is 0 Å². The Balaban J connectivity index is 1.12. The molecule has 1 aliphatic rings. The van der Waals surface area contributed by atoms with Gasteiger partial charge >= 0.3 is 6.09 Å². The number of aromatic nitrogens is 2. The van der Waals surface area contributed by atoms with Crippen molar-refractivity contribution >= 4 is 44.4 Å². The number of hydrogen-bond acceptors (Lipinski definition) is 6. The van der Waals surface area contributed by atoms with E-state index < -0.39 is 22.2 Å². The Morgan fingerprint density at radius 1 is 0.955 bits per heavy atom. The van der Waals surface area contributed by atoms with E-state index in [4.69, 9.17) is 4.74 Å². The molecule has 1 atom stereocenters. The highest BCUT2D eigenvalue weighted by Gasteiger charge is 2.35. The van der Waals surface area contributed by atoms with Gasteiger partial charge in [-0.05, 0) is 73.9 Å². The molecule has 1 saturated heterocycles. The summed E-state index contributed by atoms with van der Waals surface area (Å²) in [6, 6.07) is 27.8. The van der Waals surface area contributed by atoms with Crippen molar-refractivity contribution in [3.05, 3.63) is 108 Å². The number of rotatable bonds is 8. The Bertz CT molecular complexity index is 1910. The maximum Gasteiger partial charge on any atom is 0.410 e. The molecule has 2 amide bonds. The first kappa shape index (κ1) is 28.9. The number of aryl methyl sites for hydroxylation is 1. The van der Waals surface area contributed by atoms with Crippen molar-refractivity contribution in [1.82, 2.24) is 14.9 Å². The molecular weight excluding hydrogens is 578 g/mol. The van der Waals surface area contributed by atoms with Gasteiger partial charge in [-0.15, -0.1) is 0 Å². The normalized spacial score (nSPS) is 14.8. The molecule has 5 aromatic rings. The number of H-pyrrole nitrogens is 1. The molecule has 44 heavy (non-hydrogen) atoms. The third-order valence-electron chi connectivity index (χ3n) is 7.51. The molecule has 0 radical (unpaired) electrons. The average Bonchev–Trinajstić information content (AvgIpc) is 3.70. The second-order valence-electron chi connectivity index (χ2n) is 10.7. The monoisotopic (exact) mass is 609 g/mol. The van der Waals surface area contributed by atoms with Crippen LogP contribution in [0.1, 0.15) is 24.0 Å². The Morgan fingerprint density at radius 2 is 1.70 bits per heavy atom. The zero-order valence-electron chi connectivity index (χ0n) is 24.0. The van der Waals surface area contributed by atoms with E-state index in [2.05, 4.69) is 20.0 Å². The van der Waals surface area contributed by atoms with Crippen LogP contribution in [0.5, 0.6) is 0 Å². The topological polar surface area (TPSA) is 133 Å². The molecule has 1 aliphatic heterocycles. The average molecular weight is 610 g/mol. The molecule has 0 spiro atoms. The lowest BCUT2D eigenvalue weighted by Gasteiger charge is -2.23. The van der Waals surface area contributed by atoms with Gasteiger partial charge < -0.3 is 15.0 Å². The van der Waals surface area contributed by atoms with Gasteiger partial charge in [0, 0.05) is 17.8 Å². The molecule has 2 heterocycles. The summed E-state index contributed by atoms with van der Waals surface area (Å²) in [7, 11) is -3.80. The number of nitrogens with zero attached hydrogens (tertiary/aromatic N) is 2. The predicted molar refractivity (Wildman–Crippen MR) is 169 cm³/mol. The fourth-order valence-electron chi connectivity index (χ4n) is 5.17. The maximum absolute atomic E-state index is 13.1. The molecular formula is C33H31N5O5S. The Labute approximate surface area is 255 Å². The summed E-state index contributed by atoms with van der Waals surface area (Å²) < 4.78 is 34.1. The van der Waals surface area contributed by atoms with Crippen LogP contribution in [0.15, 0.2) is 102 Å². The lowest BCUT2D eigenvalue weighted by Crippen LogP contribution is -2.43. The Kier molecular flexibility index (Phi) is 8.03. The number of ether oxygens (including phenoxy) is 1. The van der Waals surface area contributed by atoms with Gasteiger partial charge in [-0.3, -0.25) is 14.4 Å². The van der Waals surface area contributed by atoms with E-state index in [1.807, 2.05) is 55.5 Å². The van der Waals surface area contributed by atoms with Gasteiger partial charge in [-0.25, -0.2) is 18.2 Å². The summed E-state index contributed by atoms with van der Waals surface area (Å²) in [4.78, 5) is 35.4. The molecule has 0 aliphatic carbocycles. The second-order valence-corrected chi connectivity index (χ2v) is 12.3. The van der Waals surface area contributed by atoms with Crippen LogP contribution >= 0.6 is 0 Å². The van der Waals surface area contributed by atoms with Crippen LogP contribution < -0.4 is 10.0 Å². The fraction of sp³-hybridized carbons (Fsp3) is 0.182. The number of imidazole rings is 1. The quantitative estimate of drug-likeness (QED) is 0.195. The first-order valence-electron chi connectivity index (χ1n) is 14.2. The molecule has 11 heteroatoms. The SMILES string of the molecule is Cc1ccc(S(=O)(=O)Nc2cccc3[nH]c(-c4ccc(NC(=O)C5CCCN5C(=O)OCc5ccccc5)cc4)nc23)cc1. The number of amides is 2. The molecule has 3 N–H and O–H groups in total. The molecule has 1 unspecified atom stereocenters. The molecule has 10 nitrogen and oxygen atoms in total. The number of anilines is 2. The van der Waals surface area contributed by atoms with Crippen molar-refractivity contribution in [3.63, 3.8) is 0 Å². The van der Waals surface area contributed by atoms with Gasteiger partial charge in [0.15, 0.2) is 0 Å². The van der Waals surface area contributed by atoms with Crippen molar-refractivity contribution in [3.8, 4) is 11.4 Å². The van der Waals surface area contributed by atoms with Gasteiger partial charge in [-0.1, -0.05) is 54.1 Å². The zero-order chi connectivity index (χ0) is 30.7. The van der Waals surface area contributed by atoms with Crippen molar-refractivity contribution in [1.29, 1.82) is 0 Å². The minimum atomic E-state index is -3.80. The zero-order valence-corrected chi connectivity index (χ0v) is 24.8. The summed E-state index contributed by atoms with van der Waals surface area (Å²) in [5.41, 5.74) is 4.68. The first-order valence-corrected chi connectivity index (χ1v) is 15.7. The number of aromatic amines is 1. The molecule has 1 aromatic heterocycles. The minimum Gasteiger partial charge on any atom is -0.445 e. The maximum atomic E-state index is 13.1. The number of fused-ring (bicyclic) bond motifs is 1. The first-order chi connectivity index (χ1) is 21.3. The van der Waals surface area contributed by atoms with Crippen LogP contribution in [0.3, 0.4) is 0 Å². The number of likely N-dealkylation sites (tertiary alicyclic amines) is 1. The molecule has 4 aromatic carbocycles. The molecule has 224 valence electrons. The predicted octanol–water partition coefficient (Wildman–Crippen LogP) is 6.08.